The van der Waals surface area contributed by atoms with E-state index in [2.05, 4.69) is 0 Å². The van der Waals surface area contributed by atoms with E-state index >= 15 is 0 Å². The zero-order chi connectivity index (χ0) is 9.42. The van der Waals surface area contributed by atoms with Gasteiger partial charge in [0.25, 0.3) is 0 Å². The summed E-state index contributed by atoms with van der Waals surface area (Å²) in [7, 11) is 0. The molecule has 13 heavy (non-hydrogen) atoms. The summed E-state index contributed by atoms with van der Waals surface area (Å²) < 4.78 is 14.2. The van der Waals surface area contributed by atoms with Crippen LogP contribution < -0.4 is 0 Å². The van der Waals surface area contributed by atoms with Crippen LogP contribution in [0.1, 0.15) is 5.56 Å². The van der Waals surface area contributed by atoms with Gasteiger partial charge in [-0.1, -0.05) is 11.6 Å². The fourth-order valence-corrected chi connectivity index (χ4v) is 2.77. The lowest BCUT2D eigenvalue weighted by atomic mass is 10.2. The molecule has 0 radical (unpaired) electrons. The van der Waals surface area contributed by atoms with Crippen LogP contribution >= 0.6 is 34.5 Å². The molecule has 0 N–H and O–H groups in total. The van der Waals surface area contributed by atoms with Crippen molar-refractivity contribution in [2.24, 2.45) is 0 Å². The number of halogens is 3. The molecule has 0 aliphatic heterocycles. The maximum atomic E-state index is 13.3. The van der Waals surface area contributed by atoms with E-state index in [1.54, 1.807) is 0 Å². The van der Waals surface area contributed by atoms with Gasteiger partial charge in [0, 0.05) is 5.56 Å². The van der Waals surface area contributed by atoms with Gasteiger partial charge >= 0.3 is 0 Å². The predicted molar refractivity (Wildman–Crippen MR) is 56.4 cm³/mol. The van der Waals surface area contributed by atoms with Crippen molar-refractivity contribution in [2.45, 2.75) is 5.88 Å². The number of fused-ring (bicyclic) bond motifs is 1. The molecule has 2 rings (SSSR count). The standard InChI is InChI=1S/C9H5Cl2FS/c10-4-6-7(12)3-5-1-2-13-9(5)8(6)11/h1-3H,4H2. The van der Waals surface area contributed by atoms with Gasteiger partial charge in [0.05, 0.1) is 15.6 Å². The highest BCUT2D eigenvalue weighted by atomic mass is 35.5. The summed E-state index contributed by atoms with van der Waals surface area (Å²) in [6.07, 6.45) is 0. The lowest BCUT2D eigenvalue weighted by Crippen LogP contribution is -1.87. The number of alkyl halides is 1. The summed E-state index contributed by atoms with van der Waals surface area (Å²) in [5.74, 6) is -0.218. The van der Waals surface area contributed by atoms with Gasteiger partial charge in [0.2, 0.25) is 0 Å². The van der Waals surface area contributed by atoms with Crippen LogP contribution in [0.2, 0.25) is 5.02 Å². The fourth-order valence-electron chi connectivity index (χ4n) is 1.20. The summed E-state index contributed by atoms with van der Waals surface area (Å²) in [4.78, 5) is 0. The van der Waals surface area contributed by atoms with Crippen molar-refractivity contribution < 1.29 is 4.39 Å². The van der Waals surface area contributed by atoms with Gasteiger partial charge in [0.15, 0.2) is 0 Å². The summed E-state index contributed by atoms with van der Waals surface area (Å²) in [5, 5.41) is 3.16. The van der Waals surface area contributed by atoms with Crippen molar-refractivity contribution in [3.63, 3.8) is 0 Å². The van der Waals surface area contributed by atoms with Gasteiger partial charge in [-0.3, -0.25) is 0 Å². The zero-order valence-corrected chi connectivity index (χ0v) is 8.81. The minimum Gasteiger partial charge on any atom is -0.207 e. The van der Waals surface area contributed by atoms with Crippen molar-refractivity contribution in [1.29, 1.82) is 0 Å². The normalized spacial score (nSPS) is 11.0. The minimum atomic E-state index is -0.328. The Balaban J connectivity index is 2.85. The van der Waals surface area contributed by atoms with Gasteiger partial charge in [-0.05, 0) is 22.9 Å². The molecular formula is C9H5Cl2FS. The van der Waals surface area contributed by atoms with Crippen molar-refractivity contribution >= 4 is 44.6 Å². The molecule has 0 unspecified atom stereocenters. The van der Waals surface area contributed by atoms with Crippen molar-refractivity contribution in [1.82, 2.24) is 0 Å². The second kappa shape index (κ2) is 3.45. The number of thiophene rings is 1. The molecule has 4 heteroatoms. The molecule has 0 amide bonds. The Bertz CT molecular complexity index is 450. The molecule has 0 aliphatic carbocycles. The Morgan fingerprint density at radius 1 is 1.46 bits per heavy atom. The van der Waals surface area contributed by atoms with Crippen LogP contribution in [0.25, 0.3) is 10.1 Å². The maximum Gasteiger partial charge on any atom is 0.129 e. The highest BCUT2D eigenvalue weighted by molar-refractivity contribution is 7.17. The Morgan fingerprint density at radius 2 is 2.23 bits per heavy atom. The Hall–Kier alpha value is -0.310. The van der Waals surface area contributed by atoms with Crippen LogP contribution in [0.3, 0.4) is 0 Å². The van der Waals surface area contributed by atoms with E-state index in [0.29, 0.717) is 10.6 Å². The van der Waals surface area contributed by atoms with Gasteiger partial charge < -0.3 is 0 Å². The quantitative estimate of drug-likeness (QED) is 0.641. The summed E-state index contributed by atoms with van der Waals surface area (Å²) in [5.41, 5.74) is 0.387. The zero-order valence-electron chi connectivity index (χ0n) is 6.48. The van der Waals surface area contributed by atoms with E-state index in [-0.39, 0.29) is 11.7 Å². The third-order valence-corrected chi connectivity index (χ3v) is 3.61. The summed E-state index contributed by atoms with van der Waals surface area (Å²) in [6, 6.07) is 3.31. The molecule has 1 aromatic carbocycles. The third-order valence-electron chi connectivity index (χ3n) is 1.86. The molecule has 0 nitrogen and oxygen atoms in total. The second-order valence-electron chi connectivity index (χ2n) is 2.62. The Kier molecular flexibility index (Phi) is 2.45. The van der Waals surface area contributed by atoms with Crippen molar-refractivity contribution in [3.05, 3.63) is 33.9 Å². The van der Waals surface area contributed by atoms with Crippen LogP contribution in [0, 0.1) is 5.82 Å². The molecule has 68 valence electrons. The molecule has 0 saturated heterocycles. The number of hydrogen-bond acceptors (Lipinski definition) is 1. The lowest BCUT2D eigenvalue weighted by molar-refractivity contribution is 0.619. The van der Waals surface area contributed by atoms with E-state index in [1.165, 1.54) is 17.4 Å². The Morgan fingerprint density at radius 3 is 2.92 bits per heavy atom. The number of benzene rings is 1. The molecule has 0 spiro atoms. The highest BCUT2D eigenvalue weighted by Gasteiger charge is 2.11. The lowest BCUT2D eigenvalue weighted by Gasteiger charge is -2.02. The highest BCUT2D eigenvalue weighted by Crippen LogP contribution is 2.34. The van der Waals surface area contributed by atoms with E-state index in [4.69, 9.17) is 23.2 Å². The molecule has 0 bridgehead atoms. The molecule has 1 aromatic heterocycles. The largest absolute Gasteiger partial charge is 0.207 e. The van der Waals surface area contributed by atoms with Crippen LogP contribution in [-0.2, 0) is 5.88 Å². The fraction of sp³-hybridized carbons (Fsp3) is 0.111. The molecule has 0 atom stereocenters. The number of hydrogen-bond donors (Lipinski definition) is 0. The maximum absolute atomic E-state index is 13.3. The topological polar surface area (TPSA) is 0 Å². The van der Waals surface area contributed by atoms with Gasteiger partial charge in [0.1, 0.15) is 5.82 Å². The van der Waals surface area contributed by atoms with Crippen LogP contribution in [0.15, 0.2) is 17.5 Å². The molecule has 0 aliphatic rings. The van der Waals surface area contributed by atoms with E-state index in [0.717, 1.165) is 10.1 Å². The molecule has 0 saturated carbocycles. The minimum absolute atomic E-state index is 0.110. The average Bonchev–Trinajstić information content (AvgIpc) is 2.53. The number of rotatable bonds is 1. The van der Waals surface area contributed by atoms with Crippen LogP contribution in [-0.4, -0.2) is 0 Å². The van der Waals surface area contributed by atoms with Gasteiger partial charge in [-0.25, -0.2) is 4.39 Å². The van der Waals surface area contributed by atoms with Crippen LogP contribution in [0.4, 0.5) is 4.39 Å². The predicted octanol–water partition coefficient (Wildman–Crippen LogP) is 4.43. The Labute approximate surface area is 88.9 Å². The molecule has 1 heterocycles. The molecule has 0 fully saturated rings. The summed E-state index contributed by atoms with van der Waals surface area (Å²) in [6.45, 7) is 0. The first kappa shape index (κ1) is 9.25. The van der Waals surface area contributed by atoms with Crippen LogP contribution in [0.5, 0.6) is 0 Å². The van der Waals surface area contributed by atoms with Gasteiger partial charge in [-0.15, -0.1) is 22.9 Å². The summed E-state index contributed by atoms with van der Waals surface area (Å²) >= 11 is 13.1. The first-order valence-electron chi connectivity index (χ1n) is 3.64. The molecule has 2 aromatic rings. The van der Waals surface area contributed by atoms with E-state index in [9.17, 15) is 4.39 Å². The van der Waals surface area contributed by atoms with E-state index < -0.39 is 0 Å². The first-order chi connectivity index (χ1) is 6.24. The first-order valence-corrected chi connectivity index (χ1v) is 5.43. The SMILES string of the molecule is Fc1cc2ccsc2c(Cl)c1CCl. The monoisotopic (exact) mass is 234 g/mol. The smallest absolute Gasteiger partial charge is 0.129 e. The van der Waals surface area contributed by atoms with Crippen molar-refractivity contribution in [3.8, 4) is 0 Å². The average molecular weight is 235 g/mol. The molecular weight excluding hydrogens is 230 g/mol. The van der Waals surface area contributed by atoms with E-state index in [1.807, 2.05) is 11.4 Å². The van der Waals surface area contributed by atoms with Gasteiger partial charge in [-0.2, -0.15) is 0 Å². The second-order valence-corrected chi connectivity index (χ2v) is 4.18. The van der Waals surface area contributed by atoms with Crippen molar-refractivity contribution in [2.75, 3.05) is 0 Å². The third kappa shape index (κ3) is 1.43.